The van der Waals surface area contributed by atoms with Gasteiger partial charge in [0.25, 0.3) is 5.82 Å². The van der Waals surface area contributed by atoms with E-state index in [2.05, 4.69) is 16.8 Å². The van der Waals surface area contributed by atoms with Crippen LogP contribution in [0.15, 0.2) is 54.7 Å². The minimum atomic E-state index is -5.02. The van der Waals surface area contributed by atoms with Crippen LogP contribution in [0.25, 0.3) is 11.1 Å². The zero-order valence-electron chi connectivity index (χ0n) is 24.5. The van der Waals surface area contributed by atoms with Crippen LogP contribution in [-0.2, 0) is 29.6 Å². The highest BCUT2D eigenvalue weighted by molar-refractivity contribution is 6.03. The summed E-state index contributed by atoms with van der Waals surface area (Å²) >= 11 is 0. The van der Waals surface area contributed by atoms with E-state index in [1.807, 2.05) is 48.9 Å². The molecule has 0 aliphatic carbocycles. The van der Waals surface area contributed by atoms with Crippen molar-refractivity contribution >= 4 is 17.4 Å². The van der Waals surface area contributed by atoms with Crippen molar-refractivity contribution in [2.24, 2.45) is 7.05 Å². The highest BCUT2D eigenvalue weighted by atomic mass is 19.4. The van der Waals surface area contributed by atoms with E-state index in [0.29, 0.717) is 17.8 Å². The average molecular weight is 594 g/mol. The van der Waals surface area contributed by atoms with Crippen LogP contribution in [0, 0.1) is 6.92 Å². The molecule has 2 heterocycles. The maximum atomic E-state index is 14.0. The number of alkyl halides is 6. The number of likely N-dealkylation sites (N-methyl/N-ethyl adjacent to an activating group) is 2. The van der Waals surface area contributed by atoms with Crippen LogP contribution < -0.4 is 14.4 Å². The number of nitrogens with zero attached hydrogens (tertiary/aromatic N) is 4. The van der Waals surface area contributed by atoms with Gasteiger partial charge in [0.1, 0.15) is 6.20 Å². The summed E-state index contributed by atoms with van der Waals surface area (Å²) in [5, 5.41) is 0. The normalized spacial score (nSPS) is 15.2. The van der Waals surface area contributed by atoms with Crippen LogP contribution in [0.1, 0.15) is 36.1 Å². The van der Waals surface area contributed by atoms with Gasteiger partial charge in [0.15, 0.2) is 0 Å². The smallest absolute Gasteiger partial charge is 0.311 e. The molecule has 0 bridgehead atoms. The molecule has 1 aromatic heterocycles. The summed E-state index contributed by atoms with van der Waals surface area (Å²) < 4.78 is 83.6. The van der Waals surface area contributed by atoms with Crippen molar-refractivity contribution in [3.8, 4) is 11.1 Å². The van der Waals surface area contributed by atoms with E-state index in [4.69, 9.17) is 0 Å². The summed E-state index contributed by atoms with van der Waals surface area (Å²) in [5.41, 5.74) is -2.01. The number of anilines is 2. The first-order chi connectivity index (χ1) is 19.4. The molecule has 2 aromatic carbocycles. The second-order valence-electron chi connectivity index (χ2n) is 11.4. The number of piperazine rings is 1. The fraction of sp³-hybridized carbons (Fsp3) is 0.419. The van der Waals surface area contributed by atoms with Gasteiger partial charge < -0.3 is 4.90 Å². The van der Waals surface area contributed by atoms with Crippen molar-refractivity contribution in [1.82, 2.24) is 4.90 Å². The van der Waals surface area contributed by atoms with Gasteiger partial charge in [-0.15, -0.1) is 0 Å². The number of carbonyl (C=O) groups excluding carboxylic acids is 1. The second-order valence-corrected chi connectivity index (χ2v) is 11.4. The van der Waals surface area contributed by atoms with Gasteiger partial charge in [-0.2, -0.15) is 26.3 Å². The molecule has 11 heteroatoms. The molecule has 1 amide bonds. The number of amides is 1. The van der Waals surface area contributed by atoms with E-state index in [1.54, 1.807) is 6.20 Å². The Balaban J connectivity index is 1.83. The van der Waals surface area contributed by atoms with E-state index >= 15 is 0 Å². The summed E-state index contributed by atoms with van der Waals surface area (Å²) in [7, 11) is 5.41. The number of carbonyl (C=O) groups is 1. The SMILES string of the molecule is Cc1ccccc1-c1cc(N2CCN(C)CC2)[n+](C)cc1N(C)C(=O)C(C)(C)c1cc(C(F)(F)F)cc(C(F)(F)F)c1. The molecule has 0 atom stereocenters. The fourth-order valence-electron chi connectivity index (χ4n) is 5.30. The van der Waals surface area contributed by atoms with Gasteiger partial charge in [0, 0.05) is 31.8 Å². The van der Waals surface area contributed by atoms with Crippen molar-refractivity contribution in [2.45, 2.75) is 38.5 Å². The molecule has 0 N–H and O–H groups in total. The summed E-state index contributed by atoms with van der Waals surface area (Å²) in [5.74, 6) is 0.273. The van der Waals surface area contributed by atoms with Crippen LogP contribution in [0.4, 0.5) is 37.8 Å². The molecular weight excluding hydrogens is 558 g/mol. The number of rotatable bonds is 5. The highest BCUT2D eigenvalue weighted by Gasteiger charge is 2.41. The molecule has 3 aromatic rings. The van der Waals surface area contributed by atoms with Gasteiger partial charge >= 0.3 is 12.4 Å². The third-order valence-corrected chi connectivity index (χ3v) is 8.00. The second kappa shape index (κ2) is 11.2. The van der Waals surface area contributed by atoms with E-state index in [1.165, 1.54) is 25.8 Å². The van der Waals surface area contributed by atoms with Gasteiger partial charge in [-0.05, 0) is 62.7 Å². The molecule has 1 fully saturated rings. The van der Waals surface area contributed by atoms with Gasteiger partial charge in [0.05, 0.1) is 42.4 Å². The molecule has 0 spiro atoms. The maximum absolute atomic E-state index is 14.0. The lowest BCUT2D eigenvalue weighted by Crippen LogP contribution is -2.50. The van der Waals surface area contributed by atoms with E-state index in [9.17, 15) is 31.1 Å². The Hall–Kier alpha value is -3.60. The molecule has 1 saturated heterocycles. The quantitative estimate of drug-likeness (QED) is 0.260. The summed E-state index contributed by atoms with van der Waals surface area (Å²) in [4.78, 5) is 19.8. The van der Waals surface area contributed by atoms with Crippen LogP contribution in [0.2, 0.25) is 0 Å². The van der Waals surface area contributed by atoms with Crippen LogP contribution in [0.5, 0.6) is 0 Å². The van der Waals surface area contributed by atoms with Gasteiger partial charge in [0.2, 0.25) is 5.91 Å². The first-order valence-corrected chi connectivity index (χ1v) is 13.5. The molecule has 42 heavy (non-hydrogen) atoms. The van der Waals surface area contributed by atoms with E-state index in [0.717, 1.165) is 48.7 Å². The number of hydrogen-bond donors (Lipinski definition) is 0. The average Bonchev–Trinajstić information content (AvgIpc) is 2.92. The minimum Gasteiger partial charge on any atom is -0.311 e. The van der Waals surface area contributed by atoms with Crippen molar-refractivity contribution in [1.29, 1.82) is 0 Å². The molecular formula is C31H35F6N4O+. The number of pyridine rings is 1. The third-order valence-electron chi connectivity index (χ3n) is 8.00. The molecule has 226 valence electrons. The molecule has 0 unspecified atom stereocenters. The predicted octanol–water partition coefficient (Wildman–Crippen LogP) is 6.22. The Morgan fingerprint density at radius 1 is 0.833 bits per heavy atom. The molecule has 1 aliphatic heterocycles. The molecule has 0 saturated carbocycles. The Morgan fingerprint density at radius 2 is 1.36 bits per heavy atom. The lowest BCUT2D eigenvalue weighted by atomic mass is 9.81. The predicted molar refractivity (Wildman–Crippen MR) is 150 cm³/mol. The Labute approximate surface area is 242 Å². The zero-order valence-corrected chi connectivity index (χ0v) is 24.5. The fourth-order valence-corrected chi connectivity index (χ4v) is 5.30. The van der Waals surface area contributed by atoms with Crippen LogP contribution >= 0.6 is 0 Å². The molecule has 4 rings (SSSR count). The van der Waals surface area contributed by atoms with Crippen LogP contribution in [-0.4, -0.2) is 51.1 Å². The lowest BCUT2D eigenvalue weighted by Gasteiger charge is -2.33. The lowest BCUT2D eigenvalue weighted by molar-refractivity contribution is -0.658. The highest BCUT2D eigenvalue weighted by Crippen LogP contribution is 2.41. The van der Waals surface area contributed by atoms with Gasteiger partial charge in [-0.25, -0.2) is 4.57 Å². The maximum Gasteiger partial charge on any atom is 0.416 e. The summed E-state index contributed by atoms with van der Waals surface area (Å²) in [6.45, 7) is 7.98. The van der Waals surface area contributed by atoms with E-state index in [-0.39, 0.29) is 11.6 Å². The number of benzene rings is 2. The minimum absolute atomic E-state index is 0.0706. The summed E-state index contributed by atoms with van der Waals surface area (Å²) in [6, 6.07) is 10.9. The van der Waals surface area contributed by atoms with Crippen molar-refractivity contribution in [3.63, 3.8) is 0 Å². The number of aryl methyl sites for hydroxylation is 2. The monoisotopic (exact) mass is 593 g/mol. The Kier molecular flexibility index (Phi) is 8.39. The number of hydrogen-bond acceptors (Lipinski definition) is 3. The molecule has 5 nitrogen and oxygen atoms in total. The van der Waals surface area contributed by atoms with Gasteiger partial charge in [-0.1, -0.05) is 24.3 Å². The van der Waals surface area contributed by atoms with E-state index < -0.39 is 34.8 Å². The van der Waals surface area contributed by atoms with Crippen molar-refractivity contribution < 1.29 is 35.7 Å². The third kappa shape index (κ3) is 6.25. The van der Waals surface area contributed by atoms with Crippen molar-refractivity contribution in [2.75, 3.05) is 50.1 Å². The van der Waals surface area contributed by atoms with Crippen molar-refractivity contribution in [3.05, 3.63) is 77.0 Å². The Bertz CT molecular complexity index is 1440. The molecule has 1 aliphatic rings. The Morgan fingerprint density at radius 3 is 1.88 bits per heavy atom. The molecule has 0 radical (unpaired) electrons. The zero-order chi connectivity index (χ0) is 31.2. The van der Waals surface area contributed by atoms with Crippen LogP contribution in [0.3, 0.4) is 0 Å². The largest absolute Gasteiger partial charge is 0.416 e. The number of halogens is 6. The standard InChI is InChI=1S/C31H35F6N4O/c1-20-9-7-8-10-24(20)25-18-27(41-13-11-38(4)12-14-41)39(5)19-26(25)40(6)28(42)29(2,3)21-15-22(30(32,33)34)17-23(16-21)31(35,36)37/h7-10,15-19H,11-14H2,1-6H3/q+1. The van der Waals surface area contributed by atoms with Gasteiger partial charge in [-0.3, -0.25) is 14.6 Å². The first kappa shape index (κ1) is 31.3. The summed E-state index contributed by atoms with van der Waals surface area (Å²) in [6.07, 6.45) is -8.26. The topological polar surface area (TPSA) is 30.7 Å². The first-order valence-electron chi connectivity index (χ1n) is 13.5. The number of aromatic nitrogens is 1.